The highest BCUT2D eigenvalue weighted by Crippen LogP contribution is 2.26. The van der Waals surface area contributed by atoms with Gasteiger partial charge < -0.3 is 19.1 Å². The van der Waals surface area contributed by atoms with Gasteiger partial charge in [0.25, 0.3) is 0 Å². The number of benzene rings is 2. The number of piperazine rings is 1. The van der Waals surface area contributed by atoms with Crippen LogP contribution in [-0.2, 0) is 19.5 Å². The molecule has 0 aromatic heterocycles. The number of Topliss-reactive ketones (excluding diaryl/α,β-unsaturated/α-hetero) is 1. The van der Waals surface area contributed by atoms with Gasteiger partial charge >= 0.3 is 0 Å². The molecule has 0 bridgehead atoms. The van der Waals surface area contributed by atoms with E-state index in [1.165, 1.54) is 16.1 Å². The summed E-state index contributed by atoms with van der Waals surface area (Å²) in [7, 11) is -1.93. The summed E-state index contributed by atoms with van der Waals surface area (Å²) in [4.78, 5) is 17.2. The summed E-state index contributed by atoms with van der Waals surface area (Å²) >= 11 is 0. The van der Waals surface area contributed by atoms with Crippen LogP contribution in [0.5, 0.6) is 5.75 Å². The van der Waals surface area contributed by atoms with Crippen LogP contribution in [0, 0.1) is 0 Å². The van der Waals surface area contributed by atoms with Crippen molar-refractivity contribution >= 4 is 21.5 Å². The van der Waals surface area contributed by atoms with Crippen LogP contribution in [0.2, 0.25) is 0 Å². The van der Waals surface area contributed by atoms with Gasteiger partial charge in [0.05, 0.1) is 18.6 Å². The molecule has 0 unspecified atom stereocenters. The minimum atomic E-state index is -3.59. The van der Waals surface area contributed by atoms with Crippen molar-refractivity contribution in [3.63, 3.8) is 0 Å². The minimum absolute atomic E-state index is 0.0370. The second kappa shape index (κ2) is 17.1. The SMILES string of the molecule is C=C.CCOC(C)OCC.COc1ccc(N2CCN(CCCN3CC(=O)c4ccccc4S3(=O)=O)CC2)cc1. The lowest BCUT2D eigenvalue weighted by Gasteiger charge is -2.36. The zero-order valence-electron chi connectivity index (χ0n) is 24.4. The molecule has 0 N–H and O–H groups in total. The largest absolute Gasteiger partial charge is 0.497 e. The van der Waals surface area contributed by atoms with E-state index in [2.05, 4.69) is 35.1 Å². The van der Waals surface area contributed by atoms with Crippen LogP contribution < -0.4 is 9.64 Å². The molecule has 2 heterocycles. The number of hydrogen-bond acceptors (Lipinski definition) is 8. The van der Waals surface area contributed by atoms with Gasteiger partial charge in [-0.05, 0) is 70.1 Å². The van der Waals surface area contributed by atoms with Crippen molar-refractivity contribution in [2.75, 3.05) is 71.0 Å². The molecule has 4 rings (SSSR count). The molecule has 2 aliphatic heterocycles. The van der Waals surface area contributed by atoms with Gasteiger partial charge in [-0.1, -0.05) is 12.1 Å². The Morgan fingerprint density at radius 1 is 0.900 bits per heavy atom. The van der Waals surface area contributed by atoms with E-state index in [0.29, 0.717) is 18.5 Å². The topological polar surface area (TPSA) is 88.6 Å². The van der Waals surface area contributed by atoms with Gasteiger partial charge in [0.2, 0.25) is 10.0 Å². The van der Waals surface area contributed by atoms with E-state index in [4.69, 9.17) is 14.2 Å². The average molecular weight is 576 g/mol. The van der Waals surface area contributed by atoms with E-state index >= 15 is 0 Å². The molecule has 2 aromatic carbocycles. The van der Waals surface area contributed by atoms with Crippen LogP contribution >= 0.6 is 0 Å². The summed E-state index contributed by atoms with van der Waals surface area (Å²) in [6.07, 6.45) is 0.669. The summed E-state index contributed by atoms with van der Waals surface area (Å²) in [5.74, 6) is 0.722. The monoisotopic (exact) mass is 575 g/mol. The number of carbonyl (C=O) groups is 1. The normalized spacial score (nSPS) is 16.8. The lowest BCUT2D eigenvalue weighted by atomic mass is 10.1. The quantitative estimate of drug-likeness (QED) is 0.306. The van der Waals surface area contributed by atoms with E-state index in [-0.39, 0.29) is 23.5 Å². The molecule has 0 atom stereocenters. The van der Waals surface area contributed by atoms with Gasteiger partial charge in [0.1, 0.15) is 5.75 Å². The summed E-state index contributed by atoms with van der Waals surface area (Å²) in [6, 6.07) is 14.6. The fraction of sp³-hybridized carbons (Fsp3) is 0.500. The molecular weight excluding hydrogens is 530 g/mol. The first kappa shape index (κ1) is 33.4. The molecule has 0 amide bonds. The van der Waals surface area contributed by atoms with E-state index in [1.807, 2.05) is 32.9 Å². The molecular formula is C30H45N3O6S. The van der Waals surface area contributed by atoms with Crippen molar-refractivity contribution < 1.29 is 27.4 Å². The molecule has 2 aromatic rings. The second-order valence-electron chi connectivity index (χ2n) is 9.12. The fourth-order valence-electron chi connectivity index (χ4n) is 4.60. The Labute approximate surface area is 240 Å². The number of fused-ring (bicyclic) bond motifs is 1. The number of anilines is 1. The van der Waals surface area contributed by atoms with Crippen molar-refractivity contribution in [2.45, 2.75) is 38.4 Å². The molecule has 9 nitrogen and oxygen atoms in total. The molecule has 10 heteroatoms. The number of sulfonamides is 1. The van der Waals surface area contributed by atoms with Crippen LogP contribution in [-0.4, -0.2) is 95.8 Å². The maximum atomic E-state index is 12.8. The number of carbonyl (C=O) groups excluding carboxylic acids is 1. The molecule has 0 aliphatic carbocycles. The Bertz CT molecular complexity index is 1130. The van der Waals surface area contributed by atoms with Crippen LogP contribution in [0.3, 0.4) is 0 Å². The molecule has 0 saturated carbocycles. The van der Waals surface area contributed by atoms with Crippen LogP contribution in [0.25, 0.3) is 0 Å². The number of ketones is 1. The Morgan fingerprint density at radius 3 is 2.08 bits per heavy atom. The van der Waals surface area contributed by atoms with Crippen molar-refractivity contribution in [2.24, 2.45) is 0 Å². The first-order valence-corrected chi connectivity index (χ1v) is 15.2. The Kier molecular flexibility index (Phi) is 14.3. The smallest absolute Gasteiger partial charge is 0.244 e. The van der Waals surface area contributed by atoms with Crippen molar-refractivity contribution in [1.29, 1.82) is 0 Å². The second-order valence-corrected chi connectivity index (χ2v) is 11.0. The third kappa shape index (κ3) is 9.42. The molecule has 0 radical (unpaired) electrons. The maximum absolute atomic E-state index is 12.8. The predicted octanol–water partition coefficient (Wildman–Crippen LogP) is 4.30. The van der Waals surface area contributed by atoms with Gasteiger partial charge in [-0.2, -0.15) is 4.31 Å². The Morgan fingerprint density at radius 2 is 1.50 bits per heavy atom. The average Bonchev–Trinajstić information content (AvgIpc) is 2.98. The summed E-state index contributed by atoms with van der Waals surface area (Å²) < 4.78 is 42.3. The molecule has 40 heavy (non-hydrogen) atoms. The number of nitrogens with zero attached hydrogens (tertiary/aromatic N) is 3. The molecule has 222 valence electrons. The van der Waals surface area contributed by atoms with Gasteiger partial charge in [-0.25, -0.2) is 8.42 Å². The number of rotatable bonds is 10. The van der Waals surface area contributed by atoms with Gasteiger partial charge in [-0.15, -0.1) is 13.2 Å². The lowest BCUT2D eigenvalue weighted by Crippen LogP contribution is -2.47. The Balaban J connectivity index is 0.000000484. The van der Waals surface area contributed by atoms with Gasteiger partial charge in [-0.3, -0.25) is 9.69 Å². The third-order valence-corrected chi connectivity index (χ3v) is 8.52. The summed E-state index contributed by atoms with van der Waals surface area (Å²) in [5.41, 5.74) is 1.50. The van der Waals surface area contributed by atoms with E-state index < -0.39 is 10.0 Å². The Hall–Kier alpha value is -2.76. The van der Waals surface area contributed by atoms with Crippen molar-refractivity contribution in [3.8, 4) is 5.75 Å². The van der Waals surface area contributed by atoms with Crippen LogP contribution in [0.4, 0.5) is 5.69 Å². The highest BCUT2D eigenvalue weighted by Gasteiger charge is 2.35. The zero-order chi connectivity index (χ0) is 29.5. The molecule has 0 spiro atoms. The molecule has 1 fully saturated rings. The zero-order valence-corrected chi connectivity index (χ0v) is 25.2. The van der Waals surface area contributed by atoms with Gasteiger partial charge in [0, 0.05) is 57.2 Å². The number of methoxy groups -OCH3 is 1. The van der Waals surface area contributed by atoms with Crippen LogP contribution in [0.15, 0.2) is 66.6 Å². The standard InChI is InChI=1S/C22H27N3O4S.C6H14O2.C2H4/c1-29-19-9-7-18(8-10-19)24-15-13-23(14-16-24)11-4-12-25-17-21(26)20-5-2-3-6-22(20)30(25,27)28;1-4-7-6(3)8-5-2;1-2/h2-3,5-10H,4,11-17H2,1H3;6H,4-5H2,1-3H3;1-2H2. The lowest BCUT2D eigenvalue weighted by molar-refractivity contribution is -0.123. The molecule has 1 saturated heterocycles. The number of ether oxygens (including phenoxy) is 3. The minimum Gasteiger partial charge on any atom is -0.497 e. The van der Waals surface area contributed by atoms with E-state index in [0.717, 1.165) is 51.7 Å². The predicted molar refractivity (Wildman–Crippen MR) is 160 cm³/mol. The summed E-state index contributed by atoms with van der Waals surface area (Å²) in [6.45, 7) is 18.1. The summed E-state index contributed by atoms with van der Waals surface area (Å²) in [5, 5.41) is 0. The first-order chi connectivity index (χ1) is 19.3. The first-order valence-electron chi connectivity index (χ1n) is 13.8. The van der Waals surface area contributed by atoms with E-state index in [9.17, 15) is 13.2 Å². The third-order valence-electron chi connectivity index (χ3n) is 6.62. The van der Waals surface area contributed by atoms with Gasteiger partial charge in [0.15, 0.2) is 12.1 Å². The van der Waals surface area contributed by atoms with Crippen molar-refractivity contribution in [3.05, 3.63) is 67.3 Å². The van der Waals surface area contributed by atoms with Crippen LogP contribution in [0.1, 0.15) is 37.6 Å². The fourth-order valence-corrected chi connectivity index (χ4v) is 6.25. The number of hydrogen-bond donors (Lipinski definition) is 0. The van der Waals surface area contributed by atoms with Crippen molar-refractivity contribution in [1.82, 2.24) is 9.21 Å². The van der Waals surface area contributed by atoms with E-state index in [1.54, 1.807) is 25.3 Å². The maximum Gasteiger partial charge on any atom is 0.244 e. The molecule has 2 aliphatic rings. The highest BCUT2D eigenvalue weighted by molar-refractivity contribution is 7.89. The highest BCUT2D eigenvalue weighted by atomic mass is 32.2.